The fraction of sp³-hybridized carbons (Fsp3) is 0.143. The van der Waals surface area contributed by atoms with Gasteiger partial charge >= 0.3 is 6.18 Å². The maximum absolute atomic E-state index is 13.0. The van der Waals surface area contributed by atoms with Crippen molar-refractivity contribution >= 4 is 26.0 Å². The van der Waals surface area contributed by atoms with Crippen LogP contribution in [0.2, 0.25) is 0 Å². The molecule has 0 saturated heterocycles. The molecule has 0 unspecified atom stereocenters. The topological polar surface area (TPSA) is 60.2 Å². The smallest absolute Gasteiger partial charge is 0.225 e. The molecule has 1 aromatic rings. The van der Waals surface area contributed by atoms with Crippen LogP contribution in [0.3, 0.4) is 0 Å². The average molecular weight is 322 g/mol. The van der Waals surface area contributed by atoms with E-state index < -0.39 is 36.9 Å². The van der Waals surface area contributed by atoms with Crippen LogP contribution in [0.15, 0.2) is 21.5 Å². The Labute approximate surface area is 96.4 Å². The molecule has 0 radical (unpaired) electrons. The van der Waals surface area contributed by atoms with E-state index in [1.54, 1.807) is 0 Å². The van der Waals surface area contributed by atoms with E-state index in [9.17, 15) is 26.0 Å². The van der Waals surface area contributed by atoms with Crippen LogP contribution in [0.25, 0.3) is 0 Å². The van der Waals surface area contributed by atoms with Gasteiger partial charge in [-0.15, -0.1) is 0 Å². The lowest BCUT2D eigenvalue weighted by molar-refractivity contribution is -0.137. The first-order valence-corrected chi connectivity index (χ1v) is 5.96. The molecule has 9 heteroatoms. The van der Waals surface area contributed by atoms with Gasteiger partial charge in [-0.2, -0.15) is 13.2 Å². The van der Waals surface area contributed by atoms with Gasteiger partial charge in [0.15, 0.2) is 0 Å². The van der Waals surface area contributed by atoms with E-state index in [1.807, 2.05) is 0 Å². The molecule has 0 aliphatic heterocycles. The minimum absolute atomic E-state index is 0.179. The molecule has 0 aromatic heterocycles. The molecule has 16 heavy (non-hydrogen) atoms. The van der Waals surface area contributed by atoms with E-state index in [-0.39, 0.29) is 12.1 Å². The summed E-state index contributed by atoms with van der Waals surface area (Å²) in [6.07, 6.45) is -4.85. The van der Waals surface area contributed by atoms with Gasteiger partial charge in [0, 0.05) is 0 Å². The SMILES string of the molecule is NS(=O)(=O)c1cc(C(F)(F)F)cc(F)c1Br. The Morgan fingerprint density at radius 1 is 1.25 bits per heavy atom. The lowest BCUT2D eigenvalue weighted by Gasteiger charge is -2.10. The predicted molar refractivity (Wildman–Crippen MR) is 50.5 cm³/mol. The molecule has 0 heterocycles. The quantitative estimate of drug-likeness (QED) is 0.806. The van der Waals surface area contributed by atoms with Crippen molar-refractivity contribution in [2.45, 2.75) is 11.1 Å². The lowest BCUT2D eigenvalue weighted by atomic mass is 10.2. The van der Waals surface area contributed by atoms with E-state index in [2.05, 4.69) is 21.1 Å². The number of hydrogen-bond donors (Lipinski definition) is 1. The van der Waals surface area contributed by atoms with Gasteiger partial charge in [-0.05, 0) is 28.1 Å². The second-order valence-electron chi connectivity index (χ2n) is 2.81. The highest BCUT2D eigenvalue weighted by Gasteiger charge is 2.33. The Morgan fingerprint density at radius 3 is 2.12 bits per heavy atom. The molecule has 0 aliphatic rings. The summed E-state index contributed by atoms with van der Waals surface area (Å²) in [5.41, 5.74) is -1.42. The zero-order valence-electron chi connectivity index (χ0n) is 7.35. The third kappa shape index (κ3) is 2.71. The summed E-state index contributed by atoms with van der Waals surface area (Å²) in [4.78, 5) is -0.945. The molecule has 0 fully saturated rings. The van der Waals surface area contributed by atoms with Crippen LogP contribution in [0.5, 0.6) is 0 Å². The molecular formula is C7H4BrF4NO2S. The van der Waals surface area contributed by atoms with Crippen molar-refractivity contribution in [3.05, 3.63) is 28.0 Å². The van der Waals surface area contributed by atoms with Crippen LogP contribution in [-0.2, 0) is 16.2 Å². The van der Waals surface area contributed by atoms with Gasteiger partial charge in [0.1, 0.15) is 5.82 Å². The van der Waals surface area contributed by atoms with Crippen molar-refractivity contribution in [3.8, 4) is 0 Å². The van der Waals surface area contributed by atoms with Crippen molar-refractivity contribution in [1.82, 2.24) is 0 Å². The third-order valence-electron chi connectivity index (χ3n) is 1.63. The minimum atomic E-state index is -4.85. The van der Waals surface area contributed by atoms with E-state index in [1.165, 1.54) is 0 Å². The predicted octanol–water partition coefficient (Wildman–Crippen LogP) is 2.25. The maximum atomic E-state index is 13.0. The van der Waals surface area contributed by atoms with Crippen LogP contribution in [-0.4, -0.2) is 8.42 Å². The largest absolute Gasteiger partial charge is 0.416 e. The van der Waals surface area contributed by atoms with Crippen molar-refractivity contribution in [3.63, 3.8) is 0 Å². The molecule has 0 spiro atoms. The van der Waals surface area contributed by atoms with Gasteiger partial charge in [-0.25, -0.2) is 17.9 Å². The number of rotatable bonds is 1. The first-order chi connectivity index (χ1) is 7.03. The van der Waals surface area contributed by atoms with E-state index in [0.717, 1.165) is 0 Å². The van der Waals surface area contributed by atoms with Gasteiger partial charge in [0.05, 0.1) is 14.9 Å². The number of benzene rings is 1. The summed E-state index contributed by atoms with van der Waals surface area (Å²) in [5, 5.41) is 4.65. The highest BCUT2D eigenvalue weighted by molar-refractivity contribution is 9.10. The number of hydrogen-bond acceptors (Lipinski definition) is 2. The Bertz CT molecular complexity index is 526. The fourth-order valence-corrected chi connectivity index (χ4v) is 2.48. The van der Waals surface area contributed by atoms with E-state index in [0.29, 0.717) is 0 Å². The van der Waals surface area contributed by atoms with Gasteiger partial charge in [-0.1, -0.05) is 0 Å². The fourth-order valence-electron chi connectivity index (χ4n) is 0.935. The van der Waals surface area contributed by atoms with Crippen molar-refractivity contribution in [1.29, 1.82) is 0 Å². The zero-order valence-corrected chi connectivity index (χ0v) is 9.75. The monoisotopic (exact) mass is 321 g/mol. The van der Waals surface area contributed by atoms with Crippen LogP contribution in [0.4, 0.5) is 17.6 Å². The molecule has 1 rings (SSSR count). The van der Waals surface area contributed by atoms with Gasteiger partial charge in [0.25, 0.3) is 0 Å². The van der Waals surface area contributed by atoms with Crippen molar-refractivity contribution < 1.29 is 26.0 Å². The Kier molecular flexibility index (Phi) is 3.32. The summed E-state index contributed by atoms with van der Waals surface area (Å²) in [7, 11) is -4.43. The molecule has 0 saturated carbocycles. The van der Waals surface area contributed by atoms with Crippen LogP contribution in [0, 0.1) is 5.82 Å². The average Bonchev–Trinajstić information content (AvgIpc) is 2.05. The highest BCUT2D eigenvalue weighted by Crippen LogP contribution is 2.34. The van der Waals surface area contributed by atoms with Crippen LogP contribution < -0.4 is 5.14 Å². The number of alkyl halides is 3. The molecule has 0 atom stereocenters. The third-order valence-corrected chi connectivity index (χ3v) is 3.63. The first kappa shape index (κ1) is 13.4. The standard InChI is InChI=1S/C7H4BrF4NO2S/c8-6-4(9)1-3(7(10,11)12)2-5(6)16(13,14)15/h1-2H,(H2,13,14,15). The summed E-state index contributed by atoms with van der Waals surface area (Å²) in [6.45, 7) is 0. The van der Waals surface area contributed by atoms with Crippen molar-refractivity contribution in [2.24, 2.45) is 5.14 Å². The van der Waals surface area contributed by atoms with Crippen LogP contribution >= 0.6 is 15.9 Å². The molecule has 3 nitrogen and oxygen atoms in total. The minimum Gasteiger partial charge on any atom is -0.225 e. The van der Waals surface area contributed by atoms with E-state index in [4.69, 9.17) is 0 Å². The number of sulfonamides is 1. The summed E-state index contributed by atoms with van der Waals surface area (Å²) in [5.74, 6) is -1.35. The Balaban J connectivity index is 3.59. The molecule has 1 aromatic carbocycles. The summed E-state index contributed by atoms with van der Waals surface area (Å²) >= 11 is 2.52. The number of halogens is 5. The number of nitrogens with two attached hydrogens (primary N) is 1. The highest BCUT2D eigenvalue weighted by atomic mass is 79.9. The van der Waals surface area contributed by atoms with Crippen LogP contribution in [0.1, 0.15) is 5.56 Å². The Morgan fingerprint density at radius 2 is 1.75 bits per heavy atom. The van der Waals surface area contributed by atoms with Crippen molar-refractivity contribution in [2.75, 3.05) is 0 Å². The molecule has 90 valence electrons. The second kappa shape index (κ2) is 3.97. The van der Waals surface area contributed by atoms with Gasteiger partial charge < -0.3 is 0 Å². The molecule has 0 aliphatic carbocycles. The normalized spacial score (nSPS) is 12.9. The zero-order chi connectivity index (χ0) is 12.7. The molecule has 0 amide bonds. The maximum Gasteiger partial charge on any atom is 0.416 e. The number of primary sulfonamides is 1. The molecular weight excluding hydrogens is 318 g/mol. The summed E-state index contributed by atoms with van der Waals surface area (Å²) in [6, 6.07) is 0.446. The van der Waals surface area contributed by atoms with Gasteiger partial charge in [-0.3, -0.25) is 0 Å². The first-order valence-electron chi connectivity index (χ1n) is 3.62. The lowest BCUT2D eigenvalue weighted by Crippen LogP contribution is -2.16. The molecule has 0 bridgehead atoms. The second-order valence-corrected chi connectivity index (χ2v) is 5.14. The summed E-state index contributed by atoms with van der Waals surface area (Å²) < 4.78 is 71.0. The van der Waals surface area contributed by atoms with Gasteiger partial charge in [0.2, 0.25) is 10.0 Å². The molecule has 2 N–H and O–H groups in total. The Hall–Kier alpha value is -0.670. The van der Waals surface area contributed by atoms with E-state index >= 15 is 0 Å².